The number of aromatic nitrogens is 2. The molecule has 1 aromatic rings. The third-order valence-corrected chi connectivity index (χ3v) is 2.21. The Morgan fingerprint density at radius 2 is 2.29 bits per heavy atom. The Hall–Kier alpha value is -0.540. The molecule has 0 atom stereocenters. The Morgan fingerprint density at radius 1 is 1.43 bits per heavy atom. The van der Waals surface area contributed by atoms with Crippen LogP contribution in [-0.2, 0) is 6.54 Å². The van der Waals surface area contributed by atoms with Crippen molar-refractivity contribution >= 4 is 11.6 Å². The molecule has 0 unspecified atom stereocenters. The molecule has 0 saturated carbocycles. The Kier molecular flexibility index (Phi) is 5.64. The summed E-state index contributed by atoms with van der Waals surface area (Å²) < 4.78 is 1.89. The van der Waals surface area contributed by atoms with Gasteiger partial charge in [0.2, 0.25) is 0 Å². The van der Waals surface area contributed by atoms with Crippen LogP contribution in [0, 0.1) is 0 Å². The number of aryl methyl sites for hydroxylation is 1. The Bertz CT molecular complexity index is 247. The highest BCUT2D eigenvalue weighted by atomic mass is 35.5. The maximum atomic E-state index is 5.75. The summed E-state index contributed by atoms with van der Waals surface area (Å²) in [7, 11) is 0. The SMILES string of the molecule is CCCNCCCCn1cc(Cl)cn1. The fourth-order valence-electron chi connectivity index (χ4n) is 1.29. The molecule has 0 fully saturated rings. The average molecular weight is 216 g/mol. The van der Waals surface area contributed by atoms with Gasteiger partial charge in [-0.3, -0.25) is 4.68 Å². The number of nitrogens with one attached hydrogen (secondary N) is 1. The molecule has 1 aromatic heterocycles. The molecule has 0 bridgehead atoms. The Balaban J connectivity index is 1.99. The Labute approximate surface area is 90.4 Å². The van der Waals surface area contributed by atoms with Crippen molar-refractivity contribution in [2.24, 2.45) is 0 Å². The van der Waals surface area contributed by atoms with Crippen molar-refractivity contribution in [2.75, 3.05) is 13.1 Å². The highest BCUT2D eigenvalue weighted by Crippen LogP contribution is 2.05. The fraction of sp³-hybridized carbons (Fsp3) is 0.700. The second-order valence-electron chi connectivity index (χ2n) is 3.38. The minimum Gasteiger partial charge on any atom is -0.317 e. The van der Waals surface area contributed by atoms with Gasteiger partial charge in [0.05, 0.1) is 11.2 Å². The lowest BCUT2D eigenvalue weighted by Gasteiger charge is -2.03. The number of rotatable bonds is 7. The van der Waals surface area contributed by atoms with Gasteiger partial charge >= 0.3 is 0 Å². The van der Waals surface area contributed by atoms with Gasteiger partial charge in [-0.2, -0.15) is 5.10 Å². The van der Waals surface area contributed by atoms with E-state index in [2.05, 4.69) is 17.3 Å². The molecule has 0 aromatic carbocycles. The summed E-state index contributed by atoms with van der Waals surface area (Å²) in [4.78, 5) is 0. The van der Waals surface area contributed by atoms with Crippen LogP contribution in [-0.4, -0.2) is 22.9 Å². The largest absolute Gasteiger partial charge is 0.317 e. The van der Waals surface area contributed by atoms with E-state index in [9.17, 15) is 0 Å². The molecule has 0 aliphatic carbocycles. The average Bonchev–Trinajstić information content (AvgIpc) is 2.58. The van der Waals surface area contributed by atoms with E-state index in [1.54, 1.807) is 6.20 Å². The second-order valence-corrected chi connectivity index (χ2v) is 3.82. The van der Waals surface area contributed by atoms with Gasteiger partial charge in [0, 0.05) is 12.7 Å². The molecule has 1 N–H and O–H groups in total. The number of unbranched alkanes of at least 4 members (excludes halogenated alkanes) is 1. The first-order valence-corrected chi connectivity index (χ1v) is 5.59. The zero-order valence-electron chi connectivity index (χ0n) is 8.67. The number of nitrogens with zero attached hydrogens (tertiary/aromatic N) is 2. The molecule has 0 spiro atoms. The Morgan fingerprint density at radius 3 is 2.93 bits per heavy atom. The third-order valence-electron chi connectivity index (χ3n) is 2.02. The van der Waals surface area contributed by atoms with Crippen LogP contribution < -0.4 is 5.32 Å². The monoisotopic (exact) mass is 215 g/mol. The minimum absolute atomic E-state index is 0.717. The maximum Gasteiger partial charge on any atom is 0.0785 e. The number of hydrogen-bond acceptors (Lipinski definition) is 2. The molecule has 80 valence electrons. The van der Waals surface area contributed by atoms with Gasteiger partial charge in [-0.1, -0.05) is 18.5 Å². The van der Waals surface area contributed by atoms with Gasteiger partial charge in [0.1, 0.15) is 0 Å². The van der Waals surface area contributed by atoms with E-state index in [0.29, 0.717) is 5.02 Å². The first kappa shape index (κ1) is 11.5. The van der Waals surface area contributed by atoms with Crippen LogP contribution >= 0.6 is 11.6 Å². The quantitative estimate of drug-likeness (QED) is 0.708. The fourth-order valence-corrected chi connectivity index (χ4v) is 1.44. The summed E-state index contributed by atoms with van der Waals surface area (Å²) in [6.45, 7) is 5.36. The van der Waals surface area contributed by atoms with Gasteiger partial charge in [0.25, 0.3) is 0 Å². The standard InChI is InChI=1S/C10H18ClN3/c1-2-5-12-6-3-4-7-14-9-10(11)8-13-14/h8-9,12H,2-7H2,1H3. The van der Waals surface area contributed by atoms with E-state index < -0.39 is 0 Å². The maximum absolute atomic E-state index is 5.75. The molecular formula is C10H18ClN3. The topological polar surface area (TPSA) is 29.9 Å². The van der Waals surface area contributed by atoms with Crippen LogP contribution in [0.2, 0.25) is 5.02 Å². The van der Waals surface area contributed by atoms with Crippen molar-refractivity contribution in [3.8, 4) is 0 Å². The van der Waals surface area contributed by atoms with Crippen LogP contribution in [0.5, 0.6) is 0 Å². The van der Waals surface area contributed by atoms with Crippen molar-refractivity contribution in [1.29, 1.82) is 0 Å². The van der Waals surface area contributed by atoms with E-state index in [1.807, 2.05) is 10.9 Å². The predicted octanol–water partition coefficient (Wildman–Crippen LogP) is 2.32. The summed E-state index contributed by atoms with van der Waals surface area (Å²) >= 11 is 5.75. The summed E-state index contributed by atoms with van der Waals surface area (Å²) in [5, 5.41) is 8.20. The van der Waals surface area contributed by atoms with Gasteiger partial charge in [0.15, 0.2) is 0 Å². The predicted molar refractivity (Wildman–Crippen MR) is 59.6 cm³/mol. The van der Waals surface area contributed by atoms with Crippen molar-refractivity contribution < 1.29 is 0 Å². The number of hydrogen-bond donors (Lipinski definition) is 1. The molecule has 3 nitrogen and oxygen atoms in total. The molecule has 4 heteroatoms. The van der Waals surface area contributed by atoms with Gasteiger partial charge in [-0.25, -0.2) is 0 Å². The second kappa shape index (κ2) is 6.85. The zero-order valence-corrected chi connectivity index (χ0v) is 9.43. The van der Waals surface area contributed by atoms with E-state index >= 15 is 0 Å². The lowest BCUT2D eigenvalue weighted by Crippen LogP contribution is -2.16. The summed E-state index contributed by atoms with van der Waals surface area (Å²) in [5.41, 5.74) is 0. The van der Waals surface area contributed by atoms with E-state index in [4.69, 9.17) is 11.6 Å². The molecule has 0 aliphatic rings. The summed E-state index contributed by atoms with van der Waals surface area (Å²) in [5.74, 6) is 0. The summed E-state index contributed by atoms with van der Waals surface area (Å²) in [6.07, 6.45) is 7.08. The zero-order chi connectivity index (χ0) is 10.2. The lowest BCUT2D eigenvalue weighted by molar-refractivity contribution is 0.535. The van der Waals surface area contributed by atoms with Crippen LogP contribution in [0.3, 0.4) is 0 Å². The van der Waals surface area contributed by atoms with E-state index in [0.717, 1.165) is 26.1 Å². The molecule has 0 amide bonds. The molecule has 1 rings (SSSR count). The van der Waals surface area contributed by atoms with Crippen LogP contribution in [0.1, 0.15) is 26.2 Å². The van der Waals surface area contributed by atoms with Crippen LogP contribution in [0.4, 0.5) is 0 Å². The molecule has 1 heterocycles. The van der Waals surface area contributed by atoms with Gasteiger partial charge in [-0.05, 0) is 32.4 Å². The van der Waals surface area contributed by atoms with Crippen molar-refractivity contribution in [3.05, 3.63) is 17.4 Å². The van der Waals surface area contributed by atoms with Gasteiger partial charge in [-0.15, -0.1) is 0 Å². The minimum atomic E-state index is 0.717. The first-order valence-electron chi connectivity index (χ1n) is 5.21. The lowest BCUT2D eigenvalue weighted by atomic mass is 10.3. The van der Waals surface area contributed by atoms with Crippen molar-refractivity contribution in [1.82, 2.24) is 15.1 Å². The third kappa shape index (κ3) is 4.63. The number of halogens is 1. The molecule has 14 heavy (non-hydrogen) atoms. The van der Waals surface area contributed by atoms with Crippen molar-refractivity contribution in [3.63, 3.8) is 0 Å². The summed E-state index contributed by atoms with van der Waals surface area (Å²) in [6, 6.07) is 0. The smallest absolute Gasteiger partial charge is 0.0785 e. The molecular weight excluding hydrogens is 198 g/mol. The van der Waals surface area contributed by atoms with E-state index in [-0.39, 0.29) is 0 Å². The molecule has 0 radical (unpaired) electrons. The highest BCUT2D eigenvalue weighted by molar-refractivity contribution is 6.30. The van der Waals surface area contributed by atoms with Gasteiger partial charge < -0.3 is 5.32 Å². The normalized spacial score (nSPS) is 10.7. The van der Waals surface area contributed by atoms with Crippen molar-refractivity contribution in [2.45, 2.75) is 32.7 Å². The van der Waals surface area contributed by atoms with Crippen LogP contribution in [0.25, 0.3) is 0 Å². The highest BCUT2D eigenvalue weighted by Gasteiger charge is 1.94. The molecule has 0 saturated heterocycles. The van der Waals surface area contributed by atoms with Crippen LogP contribution in [0.15, 0.2) is 12.4 Å². The first-order chi connectivity index (χ1) is 6.83. The van der Waals surface area contributed by atoms with E-state index in [1.165, 1.54) is 12.8 Å². The molecule has 0 aliphatic heterocycles.